The number of ether oxygens (including phenoxy) is 1. The number of hydrogen-bond acceptors (Lipinski definition) is 5. The highest BCUT2D eigenvalue weighted by atomic mass is 16.5. The maximum atomic E-state index is 5.43. The summed E-state index contributed by atoms with van der Waals surface area (Å²) in [6.07, 6.45) is 5.20. The minimum atomic E-state index is 0.713. The van der Waals surface area contributed by atoms with Crippen molar-refractivity contribution in [3.05, 3.63) is 17.5 Å². The van der Waals surface area contributed by atoms with Crippen LogP contribution in [0.2, 0.25) is 0 Å². The number of nitrogens with one attached hydrogen (secondary N) is 1. The predicted octanol–water partition coefficient (Wildman–Crippen LogP) is 1.54. The second-order valence-corrected chi connectivity index (χ2v) is 5.63. The first-order valence-electron chi connectivity index (χ1n) is 7.26. The first-order chi connectivity index (χ1) is 9.35. The van der Waals surface area contributed by atoms with Gasteiger partial charge in [0.25, 0.3) is 0 Å². The summed E-state index contributed by atoms with van der Waals surface area (Å²) in [5, 5.41) is 7.59. The van der Waals surface area contributed by atoms with Gasteiger partial charge in [0.1, 0.15) is 0 Å². The zero-order chi connectivity index (χ0) is 13.1. The molecule has 2 fully saturated rings. The second-order valence-electron chi connectivity index (χ2n) is 5.63. The Hall–Kier alpha value is -0.910. The van der Waals surface area contributed by atoms with Gasteiger partial charge >= 0.3 is 0 Å². The number of methoxy groups -OCH3 is 1. The number of aromatic nitrogens is 1. The molecule has 1 aromatic rings. The maximum absolute atomic E-state index is 5.43. The molecule has 0 radical (unpaired) electrons. The third kappa shape index (κ3) is 4.03. The van der Waals surface area contributed by atoms with Crippen LogP contribution in [0.5, 0.6) is 0 Å². The summed E-state index contributed by atoms with van der Waals surface area (Å²) >= 11 is 0. The van der Waals surface area contributed by atoms with E-state index in [2.05, 4.69) is 21.4 Å². The van der Waals surface area contributed by atoms with Crippen molar-refractivity contribution in [2.75, 3.05) is 20.3 Å². The van der Waals surface area contributed by atoms with Crippen LogP contribution < -0.4 is 5.32 Å². The van der Waals surface area contributed by atoms with E-state index < -0.39 is 0 Å². The third-order valence-corrected chi connectivity index (χ3v) is 3.76. The molecule has 3 rings (SSSR count). The standard InChI is InChI=1S/C14H23N3O2/c1-18-7-6-17(13-4-5-13)10-14-8-12(16-19-14)9-15-11-2-3-11/h8,11,13,15H,2-7,9-10H2,1H3. The van der Waals surface area contributed by atoms with E-state index in [-0.39, 0.29) is 0 Å². The molecule has 2 aliphatic carbocycles. The average molecular weight is 265 g/mol. The van der Waals surface area contributed by atoms with E-state index in [9.17, 15) is 0 Å². The summed E-state index contributed by atoms with van der Waals surface area (Å²) in [6.45, 7) is 3.43. The number of hydrogen-bond donors (Lipinski definition) is 1. The van der Waals surface area contributed by atoms with Crippen molar-refractivity contribution < 1.29 is 9.26 Å². The van der Waals surface area contributed by atoms with E-state index in [1.54, 1.807) is 7.11 Å². The van der Waals surface area contributed by atoms with Crippen molar-refractivity contribution in [2.45, 2.75) is 50.9 Å². The van der Waals surface area contributed by atoms with Gasteiger partial charge in [-0.15, -0.1) is 0 Å². The quantitative estimate of drug-likeness (QED) is 0.734. The molecule has 2 aliphatic rings. The van der Waals surface area contributed by atoms with Gasteiger partial charge in [-0.2, -0.15) is 0 Å². The predicted molar refractivity (Wildman–Crippen MR) is 71.7 cm³/mol. The van der Waals surface area contributed by atoms with E-state index >= 15 is 0 Å². The lowest BCUT2D eigenvalue weighted by molar-refractivity contribution is 0.132. The van der Waals surface area contributed by atoms with Gasteiger partial charge in [0.05, 0.1) is 18.8 Å². The van der Waals surface area contributed by atoms with Crippen molar-refractivity contribution in [2.24, 2.45) is 0 Å². The van der Waals surface area contributed by atoms with E-state index in [4.69, 9.17) is 9.26 Å². The van der Waals surface area contributed by atoms with Crippen molar-refractivity contribution in [1.82, 2.24) is 15.4 Å². The van der Waals surface area contributed by atoms with E-state index in [1.165, 1.54) is 25.7 Å². The molecule has 19 heavy (non-hydrogen) atoms. The highest BCUT2D eigenvalue weighted by molar-refractivity contribution is 5.06. The summed E-state index contributed by atoms with van der Waals surface area (Å²) in [6, 6.07) is 3.51. The lowest BCUT2D eigenvalue weighted by Gasteiger charge is -2.19. The molecular formula is C14H23N3O2. The Kier molecular flexibility index (Phi) is 4.15. The first-order valence-corrected chi connectivity index (χ1v) is 7.26. The number of rotatable bonds is 9. The van der Waals surface area contributed by atoms with Crippen LogP contribution in [0.15, 0.2) is 10.6 Å². The summed E-state index contributed by atoms with van der Waals surface area (Å²) < 4.78 is 10.6. The smallest absolute Gasteiger partial charge is 0.151 e. The lowest BCUT2D eigenvalue weighted by Crippen LogP contribution is -2.28. The van der Waals surface area contributed by atoms with Gasteiger partial charge in [-0.3, -0.25) is 4.90 Å². The Balaban J connectivity index is 1.49. The SMILES string of the molecule is COCCN(Cc1cc(CNC2CC2)no1)C1CC1. The van der Waals surface area contributed by atoms with Crippen molar-refractivity contribution in [3.63, 3.8) is 0 Å². The Labute approximate surface area is 114 Å². The molecule has 5 heteroatoms. The molecule has 0 atom stereocenters. The summed E-state index contributed by atoms with van der Waals surface area (Å²) in [5.41, 5.74) is 1.02. The third-order valence-electron chi connectivity index (χ3n) is 3.76. The zero-order valence-corrected chi connectivity index (χ0v) is 11.6. The van der Waals surface area contributed by atoms with Crippen LogP contribution in [0.1, 0.15) is 37.1 Å². The fraction of sp³-hybridized carbons (Fsp3) is 0.786. The molecule has 1 N–H and O–H groups in total. The van der Waals surface area contributed by atoms with Gasteiger partial charge in [0, 0.05) is 38.3 Å². The fourth-order valence-electron chi connectivity index (χ4n) is 2.29. The van der Waals surface area contributed by atoms with Gasteiger partial charge in [-0.25, -0.2) is 0 Å². The fourth-order valence-corrected chi connectivity index (χ4v) is 2.29. The van der Waals surface area contributed by atoms with Crippen LogP contribution in [0.4, 0.5) is 0 Å². The Morgan fingerprint density at radius 2 is 2.26 bits per heavy atom. The minimum Gasteiger partial charge on any atom is -0.383 e. The van der Waals surface area contributed by atoms with Crippen LogP contribution in [-0.4, -0.2) is 42.4 Å². The maximum Gasteiger partial charge on any atom is 0.151 e. The van der Waals surface area contributed by atoms with Crippen LogP contribution in [0, 0.1) is 0 Å². The largest absolute Gasteiger partial charge is 0.383 e. The minimum absolute atomic E-state index is 0.713. The van der Waals surface area contributed by atoms with Crippen LogP contribution in [-0.2, 0) is 17.8 Å². The molecule has 2 saturated carbocycles. The van der Waals surface area contributed by atoms with E-state index in [1.807, 2.05) is 0 Å². The van der Waals surface area contributed by atoms with Gasteiger partial charge in [-0.05, 0) is 25.7 Å². The molecule has 0 unspecified atom stereocenters. The number of nitrogens with zero attached hydrogens (tertiary/aromatic N) is 2. The van der Waals surface area contributed by atoms with E-state index in [0.717, 1.165) is 37.7 Å². The highest BCUT2D eigenvalue weighted by Crippen LogP contribution is 2.28. The lowest BCUT2D eigenvalue weighted by atomic mass is 10.3. The molecule has 0 saturated heterocycles. The molecule has 0 amide bonds. The van der Waals surface area contributed by atoms with Crippen molar-refractivity contribution in [3.8, 4) is 0 Å². The van der Waals surface area contributed by atoms with Crippen molar-refractivity contribution >= 4 is 0 Å². The normalized spacial score (nSPS) is 19.3. The Morgan fingerprint density at radius 1 is 1.42 bits per heavy atom. The van der Waals surface area contributed by atoms with Crippen molar-refractivity contribution in [1.29, 1.82) is 0 Å². The summed E-state index contributed by atoms with van der Waals surface area (Å²) in [4.78, 5) is 2.43. The van der Waals surface area contributed by atoms with Gasteiger partial charge < -0.3 is 14.6 Å². The van der Waals surface area contributed by atoms with Crippen LogP contribution in [0.3, 0.4) is 0 Å². The summed E-state index contributed by atoms with van der Waals surface area (Å²) in [5.74, 6) is 0.968. The van der Waals surface area contributed by atoms with Crippen LogP contribution in [0.25, 0.3) is 0 Å². The van der Waals surface area contributed by atoms with Crippen LogP contribution >= 0.6 is 0 Å². The topological polar surface area (TPSA) is 50.5 Å². The molecule has 1 aromatic heterocycles. The Morgan fingerprint density at radius 3 is 2.95 bits per heavy atom. The molecule has 1 heterocycles. The highest BCUT2D eigenvalue weighted by Gasteiger charge is 2.29. The molecule has 0 aromatic carbocycles. The Bertz CT molecular complexity index is 399. The first kappa shape index (κ1) is 13.1. The molecule has 0 spiro atoms. The summed E-state index contributed by atoms with van der Waals surface area (Å²) in [7, 11) is 1.75. The van der Waals surface area contributed by atoms with E-state index in [0.29, 0.717) is 12.1 Å². The molecule has 0 bridgehead atoms. The molecule has 0 aliphatic heterocycles. The monoisotopic (exact) mass is 265 g/mol. The second kappa shape index (κ2) is 6.03. The molecule has 5 nitrogen and oxygen atoms in total. The van der Waals surface area contributed by atoms with Gasteiger partial charge in [0.2, 0.25) is 0 Å². The average Bonchev–Trinajstić information content (AvgIpc) is 3.32. The molecular weight excluding hydrogens is 242 g/mol. The molecule has 106 valence electrons. The van der Waals surface area contributed by atoms with Gasteiger partial charge in [-0.1, -0.05) is 5.16 Å². The zero-order valence-electron chi connectivity index (χ0n) is 11.6. The van der Waals surface area contributed by atoms with Gasteiger partial charge in [0.15, 0.2) is 5.76 Å².